The number of hydrazone groups is 1. The molecule has 0 saturated carbocycles. The zero-order valence-electron chi connectivity index (χ0n) is 14.4. The molecule has 3 N–H and O–H groups in total. The van der Waals surface area contributed by atoms with Crippen molar-refractivity contribution in [2.24, 2.45) is 10.8 Å². The van der Waals surface area contributed by atoms with Crippen LogP contribution in [0.25, 0.3) is 0 Å². The summed E-state index contributed by atoms with van der Waals surface area (Å²) in [6, 6.07) is 15.6. The number of nitrogens with two attached hydrogens (primary N) is 1. The van der Waals surface area contributed by atoms with Gasteiger partial charge in [0.1, 0.15) is 17.5 Å². The highest BCUT2D eigenvalue weighted by atomic mass is 16.5. The summed E-state index contributed by atoms with van der Waals surface area (Å²) in [7, 11) is 0. The highest BCUT2D eigenvalue weighted by Crippen LogP contribution is 2.27. The molecular weight excluding hydrogens is 332 g/mol. The van der Waals surface area contributed by atoms with Crippen LogP contribution in [0.5, 0.6) is 5.75 Å². The van der Waals surface area contributed by atoms with Gasteiger partial charge >= 0.3 is 0 Å². The summed E-state index contributed by atoms with van der Waals surface area (Å²) in [5.74, 6) is -0.342. The minimum Gasteiger partial charge on any atom is -0.492 e. The van der Waals surface area contributed by atoms with Crippen molar-refractivity contribution >= 4 is 28.9 Å². The normalized spacial score (nSPS) is 16.1. The molecule has 0 aliphatic carbocycles. The van der Waals surface area contributed by atoms with Gasteiger partial charge in [-0.15, -0.1) is 0 Å². The number of para-hydroxylation sites is 3. The molecule has 0 saturated heterocycles. The Hall–Kier alpha value is -3.35. The van der Waals surface area contributed by atoms with Crippen molar-refractivity contribution in [1.29, 1.82) is 0 Å². The first kappa shape index (κ1) is 17.5. The first-order valence-corrected chi connectivity index (χ1v) is 8.34. The number of hydrogen-bond donors (Lipinski definition) is 2. The van der Waals surface area contributed by atoms with E-state index in [0.717, 1.165) is 0 Å². The summed E-state index contributed by atoms with van der Waals surface area (Å²) in [6.07, 6.45) is 0.146. The fourth-order valence-electron chi connectivity index (χ4n) is 2.73. The highest BCUT2D eigenvalue weighted by molar-refractivity contribution is 6.44. The number of rotatable bonds is 6. The van der Waals surface area contributed by atoms with Crippen molar-refractivity contribution < 1.29 is 14.3 Å². The van der Waals surface area contributed by atoms with E-state index in [0.29, 0.717) is 23.7 Å². The predicted molar refractivity (Wildman–Crippen MR) is 100 cm³/mol. The van der Waals surface area contributed by atoms with Crippen LogP contribution < -0.4 is 20.8 Å². The second-order valence-corrected chi connectivity index (χ2v) is 5.73. The molecule has 0 bridgehead atoms. The van der Waals surface area contributed by atoms with Crippen LogP contribution in [0.4, 0.5) is 11.4 Å². The molecule has 26 heavy (non-hydrogen) atoms. The minimum atomic E-state index is -0.694. The van der Waals surface area contributed by atoms with Gasteiger partial charge in [0, 0.05) is 6.42 Å². The van der Waals surface area contributed by atoms with Gasteiger partial charge in [-0.3, -0.25) is 14.6 Å². The zero-order valence-corrected chi connectivity index (χ0v) is 14.4. The van der Waals surface area contributed by atoms with Crippen LogP contribution in [0.2, 0.25) is 0 Å². The Morgan fingerprint density at radius 3 is 2.58 bits per heavy atom. The molecule has 7 heteroatoms. The maximum absolute atomic E-state index is 12.6. The lowest BCUT2D eigenvalue weighted by atomic mass is 10.1. The summed E-state index contributed by atoms with van der Waals surface area (Å²) in [5.41, 5.74) is 6.99. The minimum absolute atomic E-state index is 0.146. The van der Waals surface area contributed by atoms with E-state index in [1.807, 2.05) is 43.3 Å². The third-order valence-corrected chi connectivity index (χ3v) is 3.96. The number of benzene rings is 2. The van der Waals surface area contributed by atoms with E-state index in [2.05, 4.69) is 10.4 Å². The first-order valence-electron chi connectivity index (χ1n) is 8.34. The number of ether oxygens (including phenoxy) is 1. The lowest BCUT2D eigenvalue weighted by Crippen LogP contribution is -2.39. The van der Waals surface area contributed by atoms with E-state index in [1.54, 1.807) is 18.2 Å². The number of nitrogens with one attached hydrogen (secondary N) is 1. The number of carbonyl (C=O) groups excluding carboxylic acids is 2. The largest absolute Gasteiger partial charge is 0.492 e. The van der Waals surface area contributed by atoms with Gasteiger partial charge in [-0.05, 0) is 31.2 Å². The van der Waals surface area contributed by atoms with E-state index in [4.69, 9.17) is 10.5 Å². The van der Waals surface area contributed by atoms with Gasteiger partial charge in [-0.1, -0.05) is 30.3 Å². The predicted octanol–water partition coefficient (Wildman–Crippen LogP) is 2.14. The molecular formula is C19H20N4O3. The van der Waals surface area contributed by atoms with Crippen molar-refractivity contribution in [2.45, 2.75) is 19.4 Å². The summed E-state index contributed by atoms with van der Waals surface area (Å²) in [6.45, 7) is 2.36. The van der Waals surface area contributed by atoms with Gasteiger partial charge in [0.15, 0.2) is 0 Å². The van der Waals surface area contributed by atoms with Gasteiger partial charge in [0.2, 0.25) is 5.91 Å². The van der Waals surface area contributed by atoms with Crippen molar-refractivity contribution in [3.05, 3.63) is 54.6 Å². The first-order chi connectivity index (χ1) is 12.6. The third-order valence-electron chi connectivity index (χ3n) is 3.96. The average molecular weight is 352 g/mol. The summed E-state index contributed by atoms with van der Waals surface area (Å²) < 4.78 is 5.51. The Morgan fingerprint density at radius 1 is 1.19 bits per heavy atom. The standard InChI is InChI=1S/C19H20N4O3/c1-2-26-17-11-7-6-10-14(17)21-19(25)15-12-16(18(20)24)23(22-15)13-8-4-3-5-9-13/h3-11,16H,2,12H2,1H3,(H2,20,24)(H,21,25). The zero-order chi connectivity index (χ0) is 18.5. The molecule has 1 unspecified atom stereocenters. The van der Waals surface area contributed by atoms with Crippen molar-refractivity contribution in [3.63, 3.8) is 0 Å². The molecule has 134 valence electrons. The van der Waals surface area contributed by atoms with Gasteiger partial charge in [-0.2, -0.15) is 5.10 Å². The molecule has 1 aliphatic heterocycles. The van der Waals surface area contributed by atoms with Crippen molar-refractivity contribution in [3.8, 4) is 5.75 Å². The average Bonchev–Trinajstić information content (AvgIpc) is 3.10. The van der Waals surface area contributed by atoms with Gasteiger partial charge in [0.05, 0.1) is 18.0 Å². The lowest BCUT2D eigenvalue weighted by Gasteiger charge is -2.20. The number of nitrogens with zero attached hydrogens (tertiary/aromatic N) is 2. The van der Waals surface area contributed by atoms with Gasteiger partial charge in [-0.25, -0.2) is 0 Å². The SMILES string of the molecule is CCOc1ccccc1NC(=O)C1=NN(c2ccccc2)C(C(N)=O)C1. The molecule has 3 rings (SSSR count). The maximum Gasteiger partial charge on any atom is 0.272 e. The Morgan fingerprint density at radius 2 is 1.88 bits per heavy atom. The molecule has 1 atom stereocenters. The monoisotopic (exact) mass is 352 g/mol. The van der Waals surface area contributed by atoms with Crippen LogP contribution in [0, 0.1) is 0 Å². The van der Waals surface area contributed by atoms with Crippen LogP contribution in [0.3, 0.4) is 0 Å². The van der Waals surface area contributed by atoms with Crippen LogP contribution >= 0.6 is 0 Å². The second-order valence-electron chi connectivity index (χ2n) is 5.73. The Bertz CT molecular complexity index is 836. The van der Waals surface area contributed by atoms with E-state index in [-0.39, 0.29) is 18.0 Å². The Balaban J connectivity index is 1.82. The molecule has 2 aromatic carbocycles. The molecule has 7 nitrogen and oxygen atoms in total. The summed E-state index contributed by atoms with van der Waals surface area (Å²) in [4.78, 5) is 24.4. The topological polar surface area (TPSA) is 97.0 Å². The molecule has 0 fully saturated rings. The van der Waals surface area contributed by atoms with Crippen LogP contribution in [-0.2, 0) is 9.59 Å². The van der Waals surface area contributed by atoms with E-state index < -0.39 is 11.9 Å². The Kier molecular flexibility index (Phi) is 5.17. The number of carbonyl (C=O) groups is 2. The van der Waals surface area contributed by atoms with Gasteiger partial charge < -0.3 is 15.8 Å². The number of amides is 2. The van der Waals surface area contributed by atoms with E-state index in [9.17, 15) is 9.59 Å². The number of anilines is 2. The second kappa shape index (κ2) is 7.69. The quantitative estimate of drug-likeness (QED) is 0.832. The molecule has 1 heterocycles. The molecule has 0 aromatic heterocycles. The fourth-order valence-corrected chi connectivity index (χ4v) is 2.73. The van der Waals surface area contributed by atoms with Crippen molar-refractivity contribution in [2.75, 3.05) is 16.9 Å². The smallest absolute Gasteiger partial charge is 0.272 e. The molecule has 2 amide bonds. The number of hydrogen-bond acceptors (Lipinski definition) is 5. The Labute approximate surface area is 151 Å². The summed E-state index contributed by atoms with van der Waals surface area (Å²) >= 11 is 0. The molecule has 1 aliphatic rings. The van der Waals surface area contributed by atoms with Crippen LogP contribution in [-0.4, -0.2) is 30.2 Å². The van der Waals surface area contributed by atoms with E-state index in [1.165, 1.54) is 5.01 Å². The molecule has 0 spiro atoms. The highest BCUT2D eigenvalue weighted by Gasteiger charge is 2.35. The van der Waals surface area contributed by atoms with Crippen LogP contribution in [0.15, 0.2) is 59.7 Å². The molecule has 2 aromatic rings. The summed E-state index contributed by atoms with van der Waals surface area (Å²) in [5, 5.41) is 8.62. The lowest BCUT2D eigenvalue weighted by molar-refractivity contribution is -0.119. The number of primary amides is 1. The maximum atomic E-state index is 12.6. The van der Waals surface area contributed by atoms with Crippen molar-refractivity contribution in [1.82, 2.24) is 0 Å². The fraction of sp³-hybridized carbons (Fsp3) is 0.211. The van der Waals surface area contributed by atoms with Crippen LogP contribution in [0.1, 0.15) is 13.3 Å². The molecule has 0 radical (unpaired) electrons. The van der Waals surface area contributed by atoms with E-state index >= 15 is 0 Å². The third kappa shape index (κ3) is 3.66. The van der Waals surface area contributed by atoms with Gasteiger partial charge in [0.25, 0.3) is 5.91 Å².